The summed E-state index contributed by atoms with van der Waals surface area (Å²) in [5.74, 6) is 0. The van der Waals surface area contributed by atoms with E-state index in [0.717, 1.165) is 11.1 Å². The van der Waals surface area contributed by atoms with E-state index in [4.69, 9.17) is 16.0 Å². The lowest BCUT2D eigenvalue weighted by Gasteiger charge is -1.98. The van der Waals surface area contributed by atoms with Gasteiger partial charge in [0, 0.05) is 11.1 Å². The monoisotopic (exact) mass is 316 g/mol. The first-order chi connectivity index (χ1) is 10.4. The van der Waals surface area contributed by atoms with E-state index in [-0.39, 0.29) is 10.6 Å². The van der Waals surface area contributed by atoms with Crippen LogP contribution in [0.25, 0.3) is 10.8 Å². The van der Waals surface area contributed by atoms with Crippen molar-refractivity contribution in [1.29, 1.82) is 0 Å². The van der Waals surface area contributed by atoms with Crippen LogP contribution in [-0.2, 0) is 10.1 Å². The Hall–Kier alpha value is -2.57. The summed E-state index contributed by atoms with van der Waals surface area (Å²) >= 11 is 0. The first-order valence-corrected chi connectivity index (χ1v) is 7.89. The Balaban J connectivity index is 0.000000160. The van der Waals surface area contributed by atoms with E-state index in [2.05, 4.69) is 12.1 Å². The van der Waals surface area contributed by atoms with Crippen LogP contribution in [0.2, 0.25) is 0 Å². The van der Waals surface area contributed by atoms with Gasteiger partial charge in [-0.2, -0.15) is 8.42 Å². The van der Waals surface area contributed by atoms with Gasteiger partial charge in [-0.05, 0) is 23.6 Å². The molecule has 0 fully saturated rings. The van der Waals surface area contributed by atoms with Crippen LogP contribution < -0.4 is 11.5 Å². The highest BCUT2D eigenvalue weighted by atomic mass is 32.2. The van der Waals surface area contributed by atoms with E-state index >= 15 is 0 Å². The average molecular weight is 316 g/mol. The summed E-state index contributed by atoms with van der Waals surface area (Å²) in [4.78, 5) is -0.250. The Morgan fingerprint density at radius 3 is 1.86 bits per heavy atom. The molecule has 0 aliphatic heterocycles. The molecule has 0 saturated heterocycles. The fourth-order valence-electron chi connectivity index (χ4n) is 1.97. The number of hydrogen-bond donors (Lipinski definition) is 3. The zero-order valence-corrected chi connectivity index (χ0v) is 12.5. The van der Waals surface area contributed by atoms with E-state index in [9.17, 15) is 8.42 Å². The van der Waals surface area contributed by atoms with Crippen molar-refractivity contribution in [3.05, 3.63) is 66.7 Å². The highest BCUT2D eigenvalue weighted by Crippen LogP contribution is 2.19. The summed E-state index contributed by atoms with van der Waals surface area (Å²) in [5, 5.41) is 2.34. The molecule has 114 valence electrons. The van der Waals surface area contributed by atoms with Crippen LogP contribution >= 0.6 is 0 Å². The Bertz CT molecular complexity index is 887. The second-order valence-electron chi connectivity index (χ2n) is 4.58. The second-order valence-corrected chi connectivity index (χ2v) is 5.97. The number of fused-ring (bicyclic) bond motifs is 1. The lowest BCUT2D eigenvalue weighted by atomic mass is 10.1. The number of nitrogens with two attached hydrogens (primary N) is 2. The van der Waals surface area contributed by atoms with Crippen LogP contribution in [0.5, 0.6) is 0 Å². The first kappa shape index (κ1) is 15.8. The third-order valence-electron chi connectivity index (χ3n) is 3.02. The van der Waals surface area contributed by atoms with Crippen LogP contribution in [0, 0.1) is 0 Å². The molecule has 0 radical (unpaired) electrons. The van der Waals surface area contributed by atoms with Crippen LogP contribution in [0.15, 0.2) is 71.6 Å². The van der Waals surface area contributed by atoms with Crippen molar-refractivity contribution in [3.63, 3.8) is 0 Å². The summed E-state index contributed by atoms with van der Waals surface area (Å²) in [6.07, 6.45) is 0. The summed E-state index contributed by atoms with van der Waals surface area (Å²) in [7, 11) is -4.16. The highest BCUT2D eigenvalue weighted by molar-refractivity contribution is 7.86. The van der Waals surface area contributed by atoms with Crippen molar-refractivity contribution in [3.8, 4) is 0 Å². The molecule has 0 atom stereocenters. The van der Waals surface area contributed by atoms with Crippen molar-refractivity contribution in [2.24, 2.45) is 0 Å². The number of nitrogen functional groups attached to an aromatic ring is 2. The number of rotatable bonds is 1. The molecule has 0 amide bonds. The van der Waals surface area contributed by atoms with Gasteiger partial charge in [-0.15, -0.1) is 0 Å². The van der Waals surface area contributed by atoms with Crippen molar-refractivity contribution in [1.82, 2.24) is 0 Å². The smallest absolute Gasteiger partial charge is 0.296 e. The van der Waals surface area contributed by atoms with Crippen molar-refractivity contribution >= 4 is 32.3 Å². The Kier molecular flexibility index (Phi) is 4.65. The number of anilines is 2. The molecule has 5 nitrogen and oxygen atoms in total. The van der Waals surface area contributed by atoms with Gasteiger partial charge in [0.05, 0.1) is 5.69 Å². The van der Waals surface area contributed by atoms with Gasteiger partial charge in [0.25, 0.3) is 10.1 Å². The van der Waals surface area contributed by atoms with Gasteiger partial charge < -0.3 is 11.5 Å². The van der Waals surface area contributed by atoms with Gasteiger partial charge in [-0.1, -0.05) is 48.5 Å². The van der Waals surface area contributed by atoms with Gasteiger partial charge >= 0.3 is 0 Å². The molecule has 22 heavy (non-hydrogen) atoms. The molecular weight excluding hydrogens is 300 g/mol. The molecule has 0 aromatic heterocycles. The third kappa shape index (κ3) is 3.75. The summed E-state index contributed by atoms with van der Waals surface area (Å²) in [5.41, 5.74) is 11.9. The van der Waals surface area contributed by atoms with Crippen molar-refractivity contribution < 1.29 is 13.0 Å². The molecule has 3 rings (SSSR count). The number of benzene rings is 3. The van der Waals surface area contributed by atoms with Crippen molar-refractivity contribution in [2.75, 3.05) is 11.5 Å². The Labute approximate surface area is 128 Å². The standard InChI is InChI=1S/C10H9N.C6H7NO3S/c11-10-7-3-5-8-4-1-2-6-9(8)10;7-5-3-1-2-4-6(5)11(8,9)10/h1-7H,11H2;1-4H,7H2,(H,8,9,10). The van der Waals surface area contributed by atoms with Crippen LogP contribution in [-0.4, -0.2) is 13.0 Å². The van der Waals surface area contributed by atoms with E-state index in [1.54, 1.807) is 6.07 Å². The minimum atomic E-state index is -4.16. The molecule has 3 aromatic rings. The van der Waals surface area contributed by atoms with Gasteiger partial charge in [0.15, 0.2) is 0 Å². The molecular formula is C16H16N2O3S. The molecule has 0 spiro atoms. The maximum atomic E-state index is 10.5. The van der Waals surface area contributed by atoms with Gasteiger partial charge in [-0.3, -0.25) is 4.55 Å². The zero-order chi connectivity index (χ0) is 16.2. The molecule has 0 aliphatic carbocycles. The quantitative estimate of drug-likeness (QED) is 0.473. The fraction of sp³-hybridized carbons (Fsp3) is 0. The van der Waals surface area contributed by atoms with E-state index in [1.165, 1.54) is 23.6 Å². The van der Waals surface area contributed by atoms with Crippen LogP contribution in [0.1, 0.15) is 0 Å². The fourth-order valence-corrected chi connectivity index (χ4v) is 2.58. The lowest BCUT2D eigenvalue weighted by molar-refractivity contribution is 0.483. The molecule has 0 unspecified atom stereocenters. The summed E-state index contributed by atoms with van der Waals surface area (Å²) in [6.45, 7) is 0. The van der Waals surface area contributed by atoms with E-state index < -0.39 is 10.1 Å². The minimum absolute atomic E-state index is 0.0509. The van der Waals surface area contributed by atoms with Gasteiger partial charge in [-0.25, -0.2) is 0 Å². The molecule has 0 saturated carbocycles. The molecule has 3 aromatic carbocycles. The van der Waals surface area contributed by atoms with Crippen LogP contribution in [0.4, 0.5) is 11.4 Å². The van der Waals surface area contributed by atoms with Crippen molar-refractivity contribution in [2.45, 2.75) is 4.90 Å². The maximum Gasteiger partial charge on any atom is 0.296 e. The highest BCUT2D eigenvalue weighted by Gasteiger charge is 2.11. The molecule has 0 bridgehead atoms. The number of hydrogen-bond acceptors (Lipinski definition) is 4. The van der Waals surface area contributed by atoms with E-state index in [1.807, 2.05) is 30.3 Å². The largest absolute Gasteiger partial charge is 0.398 e. The molecule has 0 aliphatic rings. The molecule has 5 N–H and O–H groups in total. The van der Waals surface area contributed by atoms with Gasteiger partial charge in [0.1, 0.15) is 4.90 Å². The zero-order valence-electron chi connectivity index (χ0n) is 11.7. The Morgan fingerprint density at radius 2 is 1.27 bits per heavy atom. The van der Waals surface area contributed by atoms with E-state index in [0.29, 0.717) is 0 Å². The molecule has 0 heterocycles. The normalized spacial score (nSPS) is 10.8. The lowest BCUT2D eigenvalue weighted by Crippen LogP contribution is -2.01. The average Bonchev–Trinajstić information content (AvgIpc) is 2.48. The number of para-hydroxylation sites is 1. The maximum absolute atomic E-state index is 10.5. The third-order valence-corrected chi connectivity index (χ3v) is 3.95. The predicted molar refractivity (Wildman–Crippen MR) is 89.0 cm³/mol. The molecule has 6 heteroatoms. The van der Waals surface area contributed by atoms with Crippen LogP contribution in [0.3, 0.4) is 0 Å². The first-order valence-electron chi connectivity index (χ1n) is 6.45. The predicted octanol–water partition coefficient (Wildman–Crippen LogP) is 2.94. The summed E-state index contributed by atoms with van der Waals surface area (Å²) < 4.78 is 29.6. The minimum Gasteiger partial charge on any atom is -0.398 e. The summed E-state index contributed by atoms with van der Waals surface area (Å²) in [6, 6.07) is 19.8. The Morgan fingerprint density at radius 1 is 0.727 bits per heavy atom. The second kappa shape index (κ2) is 6.46. The topological polar surface area (TPSA) is 106 Å². The van der Waals surface area contributed by atoms with Gasteiger partial charge in [0.2, 0.25) is 0 Å². The SMILES string of the molecule is Nc1cccc2ccccc12.Nc1ccccc1S(=O)(=O)O.